The third-order valence-corrected chi connectivity index (χ3v) is 1.30. The van der Waals surface area contributed by atoms with Gasteiger partial charge < -0.3 is 4.74 Å². The standard InChI is InChI=1S/C11H12O/c1-10(2)8-9-12-11-6-4-3-5-7-11/h3-9H,1H2,2H3. The van der Waals surface area contributed by atoms with Gasteiger partial charge in [0.25, 0.3) is 0 Å². The first-order valence-corrected chi connectivity index (χ1v) is 3.83. The van der Waals surface area contributed by atoms with Gasteiger partial charge >= 0.3 is 0 Å². The maximum atomic E-state index is 5.28. The normalized spacial score (nSPS) is 10.1. The van der Waals surface area contributed by atoms with Gasteiger partial charge in [-0.15, -0.1) is 0 Å². The molecule has 0 radical (unpaired) electrons. The van der Waals surface area contributed by atoms with E-state index >= 15 is 0 Å². The Kier molecular flexibility index (Phi) is 3.15. The Bertz CT molecular complexity index is 272. The quantitative estimate of drug-likeness (QED) is 0.487. The van der Waals surface area contributed by atoms with Crippen LogP contribution in [0.15, 0.2) is 54.8 Å². The van der Waals surface area contributed by atoms with Crippen LogP contribution in [0, 0.1) is 0 Å². The van der Waals surface area contributed by atoms with Crippen LogP contribution < -0.4 is 4.74 Å². The lowest BCUT2D eigenvalue weighted by Gasteiger charge is -1.97. The van der Waals surface area contributed by atoms with Gasteiger partial charge in [-0.1, -0.05) is 30.4 Å². The molecule has 12 heavy (non-hydrogen) atoms. The number of hydrogen-bond acceptors (Lipinski definition) is 1. The zero-order valence-electron chi connectivity index (χ0n) is 7.16. The second-order valence-corrected chi connectivity index (χ2v) is 2.58. The summed E-state index contributed by atoms with van der Waals surface area (Å²) in [5.74, 6) is 0.843. The highest BCUT2D eigenvalue weighted by molar-refractivity contribution is 5.22. The van der Waals surface area contributed by atoms with Crippen LogP contribution in [0.1, 0.15) is 6.92 Å². The van der Waals surface area contributed by atoms with Gasteiger partial charge in [0.1, 0.15) is 5.75 Å². The van der Waals surface area contributed by atoms with Crippen molar-refractivity contribution < 1.29 is 4.74 Å². The van der Waals surface area contributed by atoms with Crippen LogP contribution >= 0.6 is 0 Å². The molecular formula is C11H12O. The van der Waals surface area contributed by atoms with Crippen molar-refractivity contribution in [3.63, 3.8) is 0 Å². The molecule has 0 heterocycles. The van der Waals surface area contributed by atoms with Crippen molar-refractivity contribution in [2.45, 2.75) is 6.92 Å². The molecule has 0 saturated carbocycles. The summed E-state index contributed by atoms with van der Waals surface area (Å²) < 4.78 is 5.28. The number of para-hydroxylation sites is 1. The number of benzene rings is 1. The number of allylic oxidation sites excluding steroid dienone is 2. The summed E-state index contributed by atoms with van der Waals surface area (Å²) in [5, 5.41) is 0. The van der Waals surface area contributed by atoms with Gasteiger partial charge in [-0.05, 0) is 25.1 Å². The van der Waals surface area contributed by atoms with Gasteiger partial charge in [-0.3, -0.25) is 0 Å². The summed E-state index contributed by atoms with van der Waals surface area (Å²) in [6, 6.07) is 9.63. The van der Waals surface area contributed by atoms with Crippen LogP contribution in [-0.4, -0.2) is 0 Å². The molecule has 0 saturated heterocycles. The van der Waals surface area contributed by atoms with Crippen molar-refractivity contribution in [1.82, 2.24) is 0 Å². The Morgan fingerprint density at radius 2 is 2.00 bits per heavy atom. The van der Waals surface area contributed by atoms with E-state index in [4.69, 9.17) is 4.74 Å². The average molecular weight is 160 g/mol. The van der Waals surface area contributed by atoms with E-state index < -0.39 is 0 Å². The van der Waals surface area contributed by atoms with Gasteiger partial charge in [0.15, 0.2) is 0 Å². The highest BCUT2D eigenvalue weighted by Crippen LogP contribution is 2.08. The van der Waals surface area contributed by atoms with Crippen LogP contribution in [0.3, 0.4) is 0 Å². The number of ether oxygens (including phenoxy) is 1. The maximum absolute atomic E-state index is 5.28. The average Bonchev–Trinajstić information content (AvgIpc) is 2.05. The van der Waals surface area contributed by atoms with Gasteiger partial charge in [0.05, 0.1) is 6.26 Å². The molecular weight excluding hydrogens is 148 g/mol. The molecule has 62 valence electrons. The van der Waals surface area contributed by atoms with Crippen LogP contribution in [0.4, 0.5) is 0 Å². The lowest BCUT2D eigenvalue weighted by Crippen LogP contribution is -1.80. The summed E-state index contributed by atoms with van der Waals surface area (Å²) in [5.41, 5.74) is 0.978. The lowest BCUT2D eigenvalue weighted by molar-refractivity contribution is 0.481. The fraction of sp³-hybridized carbons (Fsp3) is 0.0909. The first-order chi connectivity index (χ1) is 5.79. The maximum Gasteiger partial charge on any atom is 0.126 e. The molecule has 1 heteroatoms. The van der Waals surface area contributed by atoms with Crippen molar-refractivity contribution in [2.24, 2.45) is 0 Å². The van der Waals surface area contributed by atoms with E-state index in [2.05, 4.69) is 6.58 Å². The molecule has 0 unspecified atom stereocenters. The van der Waals surface area contributed by atoms with Gasteiger partial charge in [0.2, 0.25) is 0 Å². The Morgan fingerprint density at radius 1 is 1.33 bits per heavy atom. The monoisotopic (exact) mass is 160 g/mol. The molecule has 0 fully saturated rings. The van der Waals surface area contributed by atoms with Crippen molar-refractivity contribution >= 4 is 0 Å². The highest BCUT2D eigenvalue weighted by Gasteiger charge is 1.84. The van der Waals surface area contributed by atoms with E-state index in [0.717, 1.165) is 11.3 Å². The minimum atomic E-state index is 0.843. The Labute approximate surface area is 73.0 Å². The minimum absolute atomic E-state index is 0.843. The topological polar surface area (TPSA) is 9.23 Å². The van der Waals surface area contributed by atoms with Crippen molar-refractivity contribution in [3.05, 3.63) is 54.8 Å². The fourth-order valence-electron chi connectivity index (χ4n) is 0.728. The van der Waals surface area contributed by atoms with Crippen LogP contribution in [0.5, 0.6) is 5.75 Å². The second kappa shape index (κ2) is 4.39. The molecule has 0 spiro atoms. The van der Waals surface area contributed by atoms with Crippen LogP contribution in [0.2, 0.25) is 0 Å². The zero-order chi connectivity index (χ0) is 8.81. The number of hydrogen-bond donors (Lipinski definition) is 0. The Morgan fingerprint density at radius 3 is 2.58 bits per heavy atom. The Balaban J connectivity index is 2.49. The Hall–Kier alpha value is -1.50. The van der Waals surface area contributed by atoms with E-state index in [1.165, 1.54) is 0 Å². The minimum Gasteiger partial charge on any atom is -0.465 e. The molecule has 0 bridgehead atoms. The first kappa shape index (κ1) is 8.60. The van der Waals surface area contributed by atoms with Crippen molar-refractivity contribution in [1.29, 1.82) is 0 Å². The van der Waals surface area contributed by atoms with Crippen molar-refractivity contribution in [2.75, 3.05) is 0 Å². The van der Waals surface area contributed by atoms with E-state index in [1.807, 2.05) is 43.3 Å². The molecule has 0 aliphatic rings. The van der Waals surface area contributed by atoms with E-state index in [-0.39, 0.29) is 0 Å². The summed E-state index contributed by atoms with van der Waals surface area (Å²) >= 11 is 0. The molecule has 1 rings (SSSR count). The fourth-order valence-corrected chi connectivity index (χ4v) is 0.728. The largest absolute Gasteiger partial charge is 0.465 e. The molecule has 0 amide bonds. The molecule has 1 nitrogen and oxygen atoms in total. The summed E-state index contributed by atoms with van der Waals surface area (Å²) in [6.45, 7) is 5.64. The summed E-state index contributed by atoms with van der Waals surface area (Å²) in [6.07, 6.45) is 3.46. The predicted molar refractivity (Wildman–Crippen MR) is 51.0 cm³/mol. The van der Waals surface area contributed by atoms with Gasteiger partial charge in [-0.2, -0.15) is 0 Å². The smallest absolute Gasteiger partial charge is 0.126 e. The van der Waals surface area contributed by atoms with Crippen LogP contribution in [0.25, 0.3) is 0 Å². The summed E-state index contributed by atoms with van der Waals surface area (Å²) in [4.78, 5) is 0. The molecule has 1 aromatic carbocycles. The van der Waals surface area contributed by atoms with Gasteiger partial charge in [0, 0.05) is 0 Å². The van der Waals surface area contributed by atoms with Crippen LogP contribution in [-0.2, 0) is 0 Å². The molecule has 0 aliphatic carbocycles. The zero-order valence-corrected chi connectivity index (χ0v) is 7.16. The predicted octanol–water partition coefficient (Wildman–Crippen LogP) is 3.16. The third-order valence-electron chi connectivity index (χ3n) is 1.30. The summed E-state index contributed by atoms with van der Waals surface area (Å²) in [7, 11) is 0. The van der Waals surface area contributed by atoms with E-state index in [0.29, 0.717) is 0 Å². The molecule has 0 N–H and O–H groups in total. The second-order valence-electron chi connectivity index (χ2n) is 2.58. The van der Waals surface area contributed by atoms with E-state index in [1.54, 1.807) is 6.26 Å². The first-order valence-electron chi connectivity index (χ1n) is 3.83. The lowest BCUT2D eigenvalue weighted by atomic mass is 10.3. The van der Waals surface area contributed by atoms with Crippen molar-refractivity contribution in [3.8, 4) is 5.75 Å². The molecule has 0 atom stereocenters. The number of rotatable bonds is 3. The third kappa shape index (κ3) is 3.06. The SMILES string of the molecule is C=C(C)C=COc1ccccc1. The molecule has 1 aromatic rings. The molecule has 0 aromatic heterocycles. The van der Waals surface area contributed by atoms with E-state index in [9.17, 15) is 0 Å². The highest BCUT2D eigenvalue weighted by atomic mass is 16.5. The molecule has 0 aliphatic heterocycles. The van der Waals surface area contributed by atoms with Gasteiger partial charge in [-0.25, -0.2) is 0 Å².